The molecule has 0 N–H and O–H groups in total. The quantitative estimate of drug-likeness (QED) is 0.770. The second-order valence-electron chi connectivity index (χ2n) is 3.52. The Kier molecular flexibility index (Phi) is 2.81. The van der Waals surface area contributed by atoms with E-state index in [1.807, 2.05) is 38.1 Å². The fraction of sp³-hybridized carbons (Fsp3) is 0.250. The van der Waals surface area contributed by atoms with Gasteiger partial charge in [-0.25, -0.2) is 4.98 Å². The average Bonchev–Trinajstić information content (AvgIpc) is 2.29. The van der Waals surface area contributed by atoms with E-state index in [9.17, 15) is 0 Å². The molecule has 1 aromatic heterocycles. The van der Waals surface area contributed by atoms with Crippen LogP contribution in [0.4, 0.5) is 0 Å². The zero-order chi connectivity index (χ0) is 11.5. The summed E-state index contributed by atoms with van der Waals surface area (Å²) in [5.41, 5.74) is 2.70. The van der Waals surface area contributed by atoms with Crippen LogP contribution in [0, 0.1) is 13.8 Å². The molecule has 0 saturated carbocycles. The standard InChI is InChI=1S/C12H13N3O/c1-8-12(15-14-9(2)13-8)10-4-6-11(16-3)7-5-10/h4-7H,1-3H3. The van der Waals surface area contributed by atoms with Gasteiger partial charge in [-0.05, 0) is 38.1 Å². The lowest BCUT2D eigenvalue weighted by Crippen LogP contribution is -1.98. The van der Waals surface area contributed by atoms with E-state index in [0.29, 0.717) is 5.82 Å². The number of nitrogens with zero attached hydrogens (tertiary/aromatic N) is 3. The maximum Gasteiger partial charge on any atom is 0.148 e. The Morgan fingerprint density at radius 2 is 1.69 bits per heavy atom. The molecular formula is C12H13N3O. The van der Waals surface area contributed by atoms with E-state index in [1.54, 1.807) is 7.11 Å². The van der Waals surface area contributed by atoms with Crippen molar-refractivity contribution in [3.8, 4) is 17.0 Å². The van der Waals surface area contributed by atoms with E-state index in [0.717, 1.165) is 22.7 Å². The average molecular weight is 215 g/mol. The SMILES string of the molecule is COc1ccc(-c2nnc(C)nc2C)cc1. The van der Waals surface area contributed by atoms with Gasteiger partial charge in [0.05, 0.1) is 12.8 Å². The first kappa shape index (κ1) is 10.5. The normalized spacial score (nSPS) is 10.2. The summed E-state index contributed by atoms with van der Waals surface area (Å²) >= 11 is 0. The summed E-state index contributed by atoms with van der Waals surface area (Å²) < 4.78 is 5.10. The van der Waals surface area contributed by atoms with Gasteiger partial charge in [0.1, 0.15) is 17.3 Å². The van der Waals surface area contributed by atoms with E-state index in [1.165, 1.54) is 0 Å². The highest BCUT2D eigenvalue weighted by atomic mass is 16.5. The van der Waals surface area contributed by atoms with Crippen LogP contribution in [0.2, 0.25) is 0 Å². The third-order valence-corrected chi connectivity index (χ3v) is 2.33. The molecule has 0 unspecified atom stereocenters. The molecule has 0 aliphatic carbocycles. The van der Waals surface area contributed by atoms with E-state index in [2.05, 4.69) is 15.2 Å². The van der Waals surface area contributed by atoms with E-state index in [-0.39, 0.29) is 0 Å². The fourth-order valence-electron chi connectivity index (χ4n) is 1.53. The molecule has 1 heterocycles. The molecule has 4 heteroatoms. The molecule has 4 nitrogen and oxygen atoms in total. The Balaban J connectivity index is 2.42. The van der Waals surface area contributed by atoms with Crippen molar-refractivity contribution < 1.29 is 4.74 Å². The Morgan fingerprint density at radius 3 is 2.25 bits per heavy atom. The number of aryl methyl sites for hydroxylation is 2. The van der Waals surface area contributed by atoms with Gasteiger partial charge in [-0.1, -0.05) is 0 Å². The number of benzene rings is 1. The van der Waals surface area contributed by atoms with Crippen LogP contribution in [-0.2, 0) is 0 Å². The minimum atomic E-state index is 0.690. The van der Waals surface area contributed by atoms with E-state index < -0.39 is 0 Å². The van der Waals surface area contributed by atoms with Gasteiger partial charge in [0.2, 0.25) is 0 Å². The van der Waals surface area contributed by atoms with Gasteiger partial charge in [-0.15, -0.1) is 10.2 Å². The Morgan fingerprint density at radius 1 is 1.00 bits per heavy atom. The number of hydrogen-bond acceptors (Lipinski definition) is 4. The summed E-state index contributed by atoms with van der Waals surface area (Å²) in [5.74, 6) is 1.52. The van der Waals surface area contributed by atoms with Crippen molar-refractivity contribution in [2.24, 2.45) is 0 Å². The van der Waals surface area contributed by atoms with Gasteiger partial charge in [-0.2, -0.15) is 0 Å². The molecule has 2 rings (SSSR count). The number of rotatable bonds is 2. The molecule has 16 heavy (non-hydrogen) atoms. The van der Waals surface area contributed by atoms with Gasteiger partial charge in [-0.3, -0.25) is 0 Å². The summed E-state index contributed by atoms with van der Waals surface area (Å²) in [7, 11) is 1.65. The maximum absolute atomic E-state index is 5.10. The summed E-state index contributed by atoms with van der Waals surface area (Å²) in [4.78, 5) is 4.29. The predicted octanol–water partition coefficient (Wildman–Crippen LogP) is 2.16. The molecule has 1 aromatic carbocycles. The van der Waals surface area contributed by atoms with E-state index >= 15 is 0 Å². The van der Waals surface area contributed by atoms with Crippen molar-refractivity contribution in [3.05, 3.63) is 35.8 Å². The number of ether oxygens (including phenoxy) is 1. The van der Waals surface area contributed by atoms with Crippen LogP contribution in [0.25, 0.3) is 11.3 Å². The smallest absolute Gasteiger partial charge is 0.148 e. The van der Waals surface area contributed by atoms with Crippen molar-refractivity contribution >= 4 is 0 Å². The predicted molar refractivity (Wildman–Crippen MR) is 61.3 cm³/mol. The van der Waals surface area contributed by atoms with E-state index in [4.69, 9.17) is 4.74 Å². The lowest BCUT2D eigenvalue weighted by molar-refractivity contribution is 0.415. The summed E-state index contributed by atoms with van der Waals surface area (Å²) in [6.45, 7) is 3.76. The summed E-state index contributed by atoms with van der Waals surface area (Å²) in [6.07, 6.45) is 0. The minimum Gasteiger partial charge on any atom is -0.497 e. The largest absolute Gasteiger partial charge is 0.497 e. The Labute approximate surface area is 94.3 Å². The van der Waals surface area contributed by atoms with Gasteiger partial charge in [0.15, 0.2) is 0 Å². The molecule has 0 aliphatic heterocycles. The second-order valence-corrected chi connectivity index (χ2v) is 3.52. The topological polar surface area (TPSA) is 47.9 Å². The lowest BCUT2D eigenvalue weighted by Gasteiger charge is -2.05. The van der Waals surface area contributed by atoms with Crippen LogP contribution < -0.4 is 4.74 Å². The molecule has 2 aromatic rings. The molecule has 0 amide bonds. The van der Waals surface area contributed by atoms with Crippen molar-refractivity contribution in [1.82, 2.24) is 15.2 Å². The third kappa shape index (κ3) is 2.00. The highest BCUT2D eigenvalue weighted by Gasteiger charge is 2.05. The molecule has 0 fully saturated rings. The highest BCUT2D eigenvalue weighted by molar-refractivity contribution is 5.61. The van der Waals surface area contributed by atoms with Crippen molar-refractivity contribution in [2.45, 2.75) is 13.8 Å². The highest BCUT2D eigenvalue weighted by Crippen LogP contribution is 2.21. The lowest BCUT2D eigenvalue weighted by atomic mass is 10.1. The van der Waals surface area contributed by atoms with Crippen LogP contribution in [0.3, 0.4) is 0 Å². The van der Waals surface area contributed by atoms with Crippen LogP contribution in [-0.4, -0.2) is 22.3 Å². The van der Waals surface area contributed by atoms with Crippen LogP contribution in [0.5, 0.6) is 5.75 Å². The maximum atomic E-state index is 5.10. The number of hydrogen-bond donors (Lipinski definition) is 0. The second kappa shape index (κ2) is 4.26. The molecule has 0 saturated heterocycles. The number of aromatic nitrogens is 3. The van der Waals surface area contributed by atoms with Gasteiger partial charge >= 0.3 is 0 Å². The fourth-order valence-corrected chi connectivity index (χ4v) is 1.53. The zero-order valence-corrected chi connectivity index (χ0v) is 9.56. The number of methoxy groups -OCH3 is 1. The van der Waals surface area contributed by atoms with Crippen LogP contribution in [0.1, 0.15) is 11.5 Å². The molecule has 0 bridgehead atoms. The summed E-state index contributed by atoms with van der Waals surface area (Å²) in [5, 5.41) is 8.12. The molecule has 0 aliphatic rings. The Hall–Kier alpha value is -1.97. The molecule has 0 spiro atoms. The minimum absolute atomic E-state index is 0.690. The van der Waals surface area contributed by atoms with Crippen molar-refractivity contribution in [1.29, 1.82) is 0 Å². The van der Waals surface area contributed by atoms with Crippen LogP contribution >= 0.6 is 0 Å². The first-order chi connectivity index (χ1) is 7.70. The zero-order valence-electron chi connectivity index (χ0n) is 9.56. The Bertz CT molecular complexity index is 494. The summed E-state index contributed by atoms with van der Waals surface area (Å²) in [6, 6.07) is 7.70. The van der Waals surface area contributed by atoms with Gasteiger partial charge < -0.3 is 4.74 Å². The molecule has 0 atom stereocenters. The van der Waals surface area contributed by atoms with Crippen molar-refractivity contribution in [2.75, 3.05) is 7.11 Å². The first-order valence-electron chi connectivity index (χ1n) is 5.03. The monoisotopic (exact) mass is 215 g/mol. The van der Waals surface area contributed by atoms with Crippen LogP contribution in [0.15, 0.2) is 24.3 Å². The van der Waals surface area contributed by atoms with Gasteiger partial charge in [0.25, 0.3) is 0 Å². The third-order valence-electron chi connectivity index (χ3n) is 2.33. The van der Waals surface area contributed by atoms with Gasteiger partial charge in [0, 0.05) is 5.56 Å². The molecular weight excluding hydrogens is 202 g/mol. The van der Waals surface area contributed by atoms with Crippen molar-refractivity contribution in [3.63, 3.8) is 0 Å². The first-order valence-corrected chi connectivity index (χ1v) is 5.03. The molecule has 82 valence electrons. The molecule has 0 radical (unpaired) electrons.